The summed E-state index contributed by atoms with van der Waals surface area (Å²) < 4.78 is 0. The molecular formula is C21H30O3. The first-order valence-electron chi connectivity index (χ1n) is 9.71. The van der Waals surface area contributed by atoms with Crippen LogP contribution in [0.15, 0.2) is 11.6 Å². The SMILES string of the molecule is CC(=O)[C@H]1CC[C@H]2[C@@H]3C[C@H](O)C4=CC(=O)CC[C@]4(C)[C@H]3CC[C@]12C. The van der Waals surface area contributed by atoms with Gasteiger partial charge in [0.25, 0.3) is 0 Å². The lowest BCUT2D eigenvalue weighted by Crippen LogP contribution is -2.54. The van der Waals surface area contributed by atoms with Crippen LogP contribution in [-0.2, 0) is 9.59 Å². The van der Waals surface area contributed by atoms with Crippen molar-refractivity contribution in [2.75, 3.05) is 0 Å². The Kier molecular flexibility index (Phi) is 3.62. The molecule has 0 bridgehead atoms. The Hall–Kier alpha value is -0.960. The summed E-state index contributed by atoms with van der Waals surface area (Å²) in [5.41, 5.74) is 1.10. The zero-order valence-electron chi connectivity index (χ0n) is 15.2. The molecule has 4 rings (SSSR count). The number of hydrogen-bond donors (Lipinski definition) is 1. The molecule has 0 radical (unpaired) electrons. The van der Waals surface area contributed by atoms with Crippen LogP contribution >= 0.6 is 0 Å². The van der Waals surface area contributed by atoms with Crippen LogP contribution in [0.3, 0.4) is 0 Å². The van der Waals surface area contributed by atoms with Gasteiger partial charge in [-0.05, 0) is 85.7 Å². The van der Waals surface area contributed by atoms with Gasteiger partial charge >= 0.3 is 0 Å². The molecule has 3 saturated carbocycles. The van der Waals surface area contributed by atoms with E-state index in [0.717, 1.165) is 44.1 Å². The van der Waals surface area contributed by atoms with Crippen molar-refractivity contribution >= 4 is 11.6 Å². The van der Waals surface area contributed by atoms with Crippen LogP contribution in [0.2, 0.25) is 0 Å². The van der Waals surface area contributed by atoms with Crippen LogP contribution in [0, 0.1) is 34.5 Å². The predicted molar refractivity (Wildman–Crippen MR) is 92.3 cm³/mol. The second kappa shape index (κ2) is 5.27. The van der Waals surface area contributed by atoms with E-state index < -0.39 is 6.10 Å². The van der Waals surface area contributed by atoms with Crippen molar-refractivity contribution in [3.63, 3.8) is 0 Å². The summed E-state index contributed by atoms with van der Waals surface area (Å²) in [6.07, 6.45) is 7.97. The fourth-order valence-electron chi connectivity index (χ4n) is 7.27. The maximum Gasteiger partial charge on any atom is 0.155 e. The molecule has 0 aliphatic heterocycles. The first kappa shape index (κ1) is 16.5. The highest BCUT2D eigenvalue weighted by molar-refractivity contribution is 5.91. The third kappa shape index (κ3) is 2.06. The second-order valence-electron chi connectivity index (χ2n) is 9.40. The first-order valence-corrected chi connectivity index (χ1v) is 9.71. The molecule has 4 aliphatic rings. The number of Topliss-reactive ketones (excluding diaryl/α,β-unsaturated/α-hetero) is 1. The molecule has 0 aromatic heterocycles. The van der Waals surface area contributed by atoms with Gasteiger partial charge in [0.1, 0.15) is 5.78 Å². The van der Waals surface area contributed by atoms with Gasteiger partial charge in [-0.1, -0.05) is 13.8 Å². The van der Waals surface area contributed by atoms with Crippen molar-refractivity contribution in [3.05, 3.63) is 11.6 Å². The number of hydrogen-bond acceptors (Lipinski definition) is 3. The van der Waals surface area contributed by atoms with E-state index in [1.807, 2.05) is 0 Å². The van der Waals surface area contributed by atoms with Crippen molar-refractivity contribution in [3.8, 4) is 0 Å². The number of rotatable bonds is 1. The van der Waals surface area contributed by atoms with Crippen LogP contribution in [0.5, 0.6) is 0 Å². The largest absolute Gasteiger partial charge is 0.389 e. The lowest BCUT2D eigenvalue weighted by molar-refractivity contribution is -0.130. The number of carbonyl (C=O) groups is 2. The summed E-state index contributed by atoms with van der Waals surface area (Å²) in [5.74, 6) is 2.35. The Bertz CT molecular complexity index is 621. The van der Waals surface area contributed by atoms with Crippen LogP contribution in [0.4, 0.5) is 0 Å². The van der Waals surface area contributed by atoms with Crippen molar-refractivity contribution in [1.29, 1.82) is 0 Å². The highest BCUT2D eigenvalue weighted by Crippen LogP contribution is 2.66. The van der Waals surface area contributed by atoms with E-state index in [9.17, 15) is 14.7 Å². The standard InChI is InChI=1S/C21H30O3/c1-12(22)15-4-5-16-14-11-19(24)18-10-13(23)6-8-21(18,3)17(14)7-9-20(15,16)2/h10,14-17,19,24H,4-9,11H2,1-3H3/t14-,15+,16-,17-,19-,20+,21+/m0/s1. The fraction of sp³-hybridized carbons (Fsp3) is 0.810. The van der Waals surface area contributed by atoms with Gasteiger partial charge in [0.05, 0.1) is 6.10 Å². The van der Waals surface area contributed by atoms with Gasteiger partial charge < -0.3 is 5.11 Å². The Labute approximate surface area is 144 Å². The van der Waals surface area contributed by atoms with Crippen molar-refractivity contribution in [2.45, 2.75) is 71.8 Å². The average molecular weight is 330 g/mol. The highest BCUT2D eigenvalue weighted by atomic mass is 16.3. The van der Waals surface area contributed by atoms with Crippen LogP contribution in [-0.4, -0.2) is 22.8 Å². The summed E-state index contributed by atoms with van der Waals surface area (Å²) in [7, 11) is 0. The molecule has 24 heavy (non-hydrogen) atoms. The lowest BCUT2D eigenvalue weighted by Gasteiger charge is -2.59. The summed E-state index contributed by atoms with van der Waals surface area (Å²) in [5, 5.41) is 10.8. The van der Waals surface area contributed by atoms with Gasteiger partial charge in [0.2, 0.25) is 0 Å². The summed E-state index contributed by atoms with van der Waals surface area (Å²) in [6, 6.07) is 0. The van der Waals surface area contributed by atoms with Crippen molar-refractivity contribution < 1.29 is 14.7 Å². The van der Waals surface area contributed by atoms with Gasteiger partial charge in [-0.15, -0.1) is 0 Å². The maximum absolute atomic E-state index is 12.2. The molecule has 4 aliphatic carbocycles. The molecule has 7 atom stereocenters. The molecule has 0 aromatic carbocycles. The topological polar surface area (TPSA) is 54.4 Å². The van der Waals surface area contributed by atoms with Gasteiger partial charge in [0.15, 0.2) is 5.78 Å². The van der Waals surface area contributed by atoms with Crippen molar-refractivity contribution in [1.82, 2.24) is 0 Å². The Morgan fingerprint density at radius 3 is 2.62 bits per heavy atom. The minimum atomic E-state index is -0.473. The van der Waals surface area contributed by atoms with E-state index in [-0.39, 0.29) is 22.5 Å². The minimum Gasteiger partial charge on any atom is -0.389 e. The number of aliphatic hydroxyl groups excluding tert-OH is 1. The normalized spacial score (nSPS) is 50.6. The molecule has 3 heteroatoms. The van der Waals surface area contributed by atoms with E-state index in [2.05, 4.69) is 13.8 Å². The molecule has 132 valence electrons. The molecule has 1 N–H and O–H groups in total. The highest BCUT2D eigenvalue weighted by Gasteiger charge is 2.61. The quantitative estimate of drug-likeness (QED) is 0.797. The summed E-state index contributed by atoms with van der Waals surface area (Å²) in [6.45, 7) is 6.37. The molecule has 3 fully saturated rings. The lowest BCUT2D eigenvalue weighted by atomic mass is 9.46. The number of fused-ring (bicyclic) bond motifs is 5. The molecule has 0 saturated heterocycles. The van der Waals surface area contributed by atoms with E-state index in [1.54, 1.807) is 13.0 Å². The van der Waals surface area contributed by atoms with E-state index >= 15 is 0 Å². The van der Waals surface area contributed by atoms with Gasteiger partial charge in [-0.2, -0.15) is 0 Å². The Morgan fingerprint density at radius 2 is 1.92 bits per heavy atom. The molecule has 3 nitrogen and oxygen atoms in total. The number of ketones is 2. The second-order valence-corrected chi connectivity index (χ2v) is 9.40. The van der Waals surface area contributed by atoms with Gasteiger partial charge in [0, 0.05) is 12.3 Å². The summed E-state index contributed by atoms with van der Waals surface area (Å²) in [4.78, 5) is 24.1. The first-order chi connectivity index (χ1) is 11.3. The van der Waals surface area contributed by atoms with Gasteiger partial charge in [-0.25, -0.2) is 0 Å². The van der Waals surface area contributed by atoms with Crippen molar-refractivity contribution in [2.24, 2.45) is 34.5 Å². The number of carbonyl (C=O) groups excluding carboxylic acids is 2. The minimum absolute atomic E-state index is 0.0219. The van der Waals surface area contributed by atoms with Crippen LogP contribution in [0.25, 0.3) is 0 Å². The molecule has 0 unspecified atom stereocenters. The zero-order chi connectivity index (χ0) is 17.3. The van der Waals surface area contributed by atoms with Crippen LogP contribution in [0.1, 0.15) is 65.7 Å². The Balaban J connectivity index is 1.71. The molecule has 0 amide bonds. The molecule has 0 spiro atoms. The van der Waals surface area contributed by atoms with Crippen LogP contribution < -0.4 is 0 Å². The van der Waals surface area contributed by atoms with E-state index in [4.69, 9.17) is 0 Å². The maximum atomic E-state index is 12.2. The fourth-order valence-corrected chi connectivity index (χ4v) is 7.27. The monoisotopic (exact) mass is 330 g/mol. The summed E-state index contributed by atoms with van der Waals surface area (Å²) >= 11 is 0. The third-order valence-electron chi connectivity index (χ3n) is 8.47. The predicted octanol–water partition coefficient (Wildman–Crippen LogP) is 3.69. The van der Waals surface area contributed by atoms with E-state index in [1.165, 1.54) is 0 Å². The molecular weight excluding hydrogens is 300 g/mol. The molecule has 0 heterocycles. The number of aliphatic hydroxyl groups is 1. The Morgan fingerprint density at radius 1 is 1.17 bits per heavy atom. The van der Waals surface area contributed by atoms with E-state index in [0.29, 0.717) is 30.0 Å². The molecule has 0 aromatic rings. The third-order valence-corrected chi connectivity index (χ3v) is 8.47. The van der Waals surface area contributed by atoms with Gasteiger partial charge in [-0.3, -0.25) is 9.59 Å². The zero-order valence-corrected chi connectivity index (χ0v) is 15.2. The average Bonchev–Trinajstić information content (AvgIpc) is 2.87. The smallest absolute Gasteiger partial charge is 0.155 e.